The van der Waals surface area contributed by atoms with E-state index < -0.39 is 5.97 Å². The molecule has 0 unspecified atom stereocenters. The van der Waals surface area contributed by atoms with E-state index >= 15 is 0 Å². The van der Waals surface area contributed by atoms with E-state index in [4.69, 9.17) is 9.84 Å². The van der Waals surface area contributed by atoms with E-state index in [0.29, 0.717) is 24.6 Å². The number of aryl methyl sites for hydroxylation is 1. The summed E-state index contributed by atoms with van der Waals surface area (Å²) in [6.07, 6.45) is 3.02. The molecule has 108 valence electrons. The molecule has 1 aliphatic rings. The van der Waals surface area contributed by atoms with Gasteiger partial charge in [0.25, 0.3) is 0 Å². The summed E-state index contributed by atoms with van der Waals surface area (Å²) >= 11 is 0. The first-order valence-corrected chi connectivity index (χ1v) is 6.82. The summed E-state index contributed by atoms with van der Waals surface area (Å²) in [4.78, 5) is 22.1. The Morgan fingerprint density at radius 1 is 1.25 bits per heavy atom. The summed E-state index contributed by atoms with van der Waals surface area (Å²) < 4.78 is 5.30. The van der Waals surface area contributed by atoms with Gasteiger partial charge in [0.1, 0.15) is 6.61 Å². The Labute approximate surface area is 117 Å². The Balaban J connectivity index is 1.71. The van der Waals surface area contributed by atoms with Crippen molar-refractivity contribution in [3.63, 3.8) is 0 Å². The van der Waals surface area contributed by atoms with Crippen molar-refractivity contribution in [3.05, 3.63) is 29.8 Å². The molecule has 0 radical (unpaired) electrons. The molecule has 1 saturated carbocycles. The Morgan fingerprint density at radius 3 is 2.55 bits per heavy atom. The topological polar surface area (TPSA) is 75.6 Å². The molecule has 1 aliphatic carbocycles. The third-order valence-electron chi connectivity index (χ3n) is 3.15. The minimum atomic E-state index is -0.810. The molecule has 5 nitrogen and oxygen atoms in total. The van der Waals surface area contributed by atoms with Gasteiger partial charge in [-0.25, -0.2) is 0 Å². The van der Waals surface area contributed by atoms with Crippen LogP contribution in [0.5, 0.6) is 0 Å². The van der Waals surface area contributed by atoms with Crippen LogP contribution in [0.1, 0.15) is 24.8 Å². The molecule has 1 aromatic carbocycles. The number of ether oxygens (including phenoxy) is 1. The van der Waals surface area contributed by atoms with Crippen molar-refractivity contribution in [2.24, 2.45) is 5.92 Å². The van der Waals surface area contributed by atoms with E-state index in [-0.39, 0.29) is 18.9 Å². The van der Waals surface area contributed by atoms with Crippen LogP contribution in [0.3, 0.4) is 0 Å². The largest absolute Gasteiger partial charge is 0.481 e. The van der Waals surface area contributed by atoms with Gasteiger partial charge in [-0.05, 0) is 42.9 Å². The van der Waals surface area contributed by atoms with Crippen molar-refractivity contribution in [1.29, 1.82) is 0 Å². The molecule has 0 heterocycles. The first-order chi connectivity index (χ1) is 9.63. The van der Waals surface area contributed by atoms with Gasteiger partial charge in [0.2, 0.25) is 5.91 Å². The fourth-order valence-corrected chi connectivity index (χ4v) is 1.81. The molecule has 5 heteroatoms. The Hall–Kier alpha value is -1.88. The van der Waals surface area contributed by atoms with E-state index in [1.165, 1.54) is 12.8 Å². The third kappa shape index (κ3) is 5.40. The number of carbonyl (C=O) groups is 2. The maximum Gasteiger partial charge on any atom is 0.303 e. The monoisotopic (exact) mass is 277 g/mol. The first kappa shape index (κ1) is 14.5. The van der Waals surface area contributed by atoms with Crippen LogP contribution in [-0.4, -0.2) is 30.2 Å². The van der Waals surface area contributed by atoms with Gasteiger partial charge in [-0.15, -0.1) is 0 Å². The molecule has 0 saturated heterocycles. The van der Waals surface area contributed by atoms with Crippen molar-refractivity contribution in [2.75, 3.05) is 18.5 Å². The summed E-state index contributed by atoms with van der Waals surface area (Å²) in [5.74, 6) is -0.324. The van der Waals surface area contributed by atoms with Crippen LogP contribution in [0.4, 0.5) is 5.69 Å². The molecule has 0 bridgehead atoms. The van der Waals surface area contributed by atoms with Gasteiger partial charge in [-0.2, -0.15) is 0 Å². The second-order valence-electron chi connectivity index (χ2n) is 5.10. The zero-order chi connectivity index (χ0) is 14.4. The number of anilines is 1. The van der Waals surface area contributed by atoms with Crippen LogP contribution in [0.2, 0.25) is 0 Å². The highest BCUT2D eigenvalue weighted by atomic mass is 16.5. The standard InChI is InChI=1S/C15H19NO4/c17-14(10-20-9-12-1-2-12)16-13-6-3-11(4-7-13)5-8-15(18)19/h3-4,6-7,12H,1-2,5,8-10H2,(H,16,17)(H,18,19). The van der Waals surface area contributed by atoms with Gasteiger partial charge >= 0.3 is 5.97 Å². The number of amides is 1. The molecule has 0 aliphatic heterocycles. The SMILES string of the molecule is O=C(O)CCc1ccc(NC(=O)COCC2CC2)cc1. The summed E-state index contributed by atoms with van der Waals surface area (Å²) in [5, 5.41) is 11.4. The fourth-order valence-electron chi connectivity index (χ4n) is 1.81. The number of benzene rings is 1. The van der Waals surface area contributed by atoms with Crippen molar-refractivity contribution in [1.82, 2.24) is 0 Å². The van der Waals surface area contributed by atoms with Gasteiger partial charge in [-0.1, -0.05) is 12.1 Å². The lowest BCUT2D eigenvalue weighted by molar-refractivity contribution is -0.137. The highest BCUT2D eigenvalue weighted by Gasteiger charge is 2.21. The van der Waals surface area contributed by atoms with Crippen LogP contribution >= 0.6 is 0 Å². The number of carboxylic acid groups (broad SMARTS) is 1. The maximum absolute atomic E-state index is 11.6. The summed E-state index contributed by atoms with van der Waals surface area (Å²) in [6, 6.07) is 7.19. The normalized spacial score (nSPS) is 14.0. The summed E-state index contributed by atoms with van der Waals surface area (Å²) in [6.45, 7) is 0.749. The van der Waals surface area contributed by atoms with Crippen LogP contribution in [0.15, 0.2) is 24.3 Å². The number of aliphatic carboxylic acids is 1. The third-order valence-corrected chi connectivity index (χ3v) is 3.15. The van der Waals surface area contributed by atoms with E-state index in [1.54, 1.807) is 12.1 Å². The average Bonchev–Trinajstić information content (AvgIpc) is 3.22. The van der Waals surface area contributed by atoms with Crippen molar-refractivity contribution >= 4 is 17.6 Å². The van der Waals surface area contributed by atoms with Crippen molar-refractivity contribution < 1.29 is 19.4 Å². The predicted octanol–water partition coefficient (Wildman–Crippen LogP) is 2.07. The molecule has 1 amide bonds. The quantitative estimate of drug-likeness (QED) is 0.762. The minimum absolute atomic E-state index is 0.0806. The molecule has 0 spiro atoms. The van der Waals surface area contributed by atoms with Crippen LogP contribution in [-0.2, 0) is 20.7 Å². The molecule has 2 N–H and O–H groups in total. The number of hydrogen-bond acceptors (Lipinski definition) is 3. The number of carbonyl (C=O) groups excluding carboxylic acids is 1. The van der Waals surface area contributed by atoms with Crippen molar-refractivity contribution in [3.8, 4) is 0 Å². The van der Waals surface area contributed by atoms with E-state index in [2.05, 4.69) is 5.32 Å². The number of rotatable bonds is 8. The molecule has 1 aromatic rings. The van der Waals surface area contributed by atoms with Crippen LogP contribution < -0.4 is 5.32 Å². The lowest BCUT2D eigenvalue weighted by atomic mass is 10.1. The van der Waals surface area contributed by atoms with Crippen LogP contribution in [0.25, 0.3) is 0 Å². The van der Waals surface area contributed by atoms with E-state index in [0.717, 1.165) is 5.56 Å². The minimum Gasteiger partial charge on any atom is -0.481 e. The van der Waals surface area contributed by atoms with Gasteiger partial charge in [0.05, 0.1) is 6.61 Å². The molecule has 20 heavy (non-hydrogen) atoms. The van der Waals surface area contributed by atoms with E-state index in [9.17, 15) is 9.59 Å². The fraction of sp³-hybridized carbons (Fsp3) is 0.467. The Kier molecular flexibility index (Phi) is 5.12. The second kappa shape index (κ2) is 7.05. The zero-order valence-electron chi connectivity index (χ0n) is 11.3. The first-order valence-electron chi connectivity index (χ1n) is 6.82. The van der Waals surface area contributed by atoms with Gasteiger partial charge in [0.15, 0.2) is 0 Å². The number of carboxylic acids is 1. The van der Waals surface area contributed by atoms with Crippen molar-refractivity contribution in [2.45, 2.75) is 25.7 Å². The highest BCUT2D eigenvalue weighted by molar-refractivity contribution is 5.91. The Morgan fingerprint density at radius 2 is 1.95 bits per heavy atom. The maximum atomic E-state index is 11.6. The van der Waals surface area contributed by atoms with E-state index in [1.807, 2.05) is 12.1 Å². The lowest BCUT2D eigenvalue weighted by Gasteiger charge is -2.07. The molecular formula is C15H19NO4. The lowest BCUT2D eigenvalue weighted by Crippen LogP contribution is -2.18. The van der Waals surface area contributed by atoms with Gasteiger partial charge < -0.3 is 15.2 Å². The average molecular weight is 277 g/mol. The second-order valence-corrected chi connectivity index (χ2v) is 5.10. The highest BCUT2D eigenvalue weighted by Crippen LogP contribution is 2.28. The van der Waals surface area contributed by atoms with Crippen LogP contribution in [0, 0.1) is 5.92 Å². The smallest absolute Gasteiger partial charge is 0.303 e. The number of nitrogens with one attached hydrogen (secondary N) is 1. The summed E-state index contributed by atoms with van der Waals surface area (Å²) in [7, 11) is 0. The summed E-state index contributed by atoms with van der Waals surface area (Å²) in [5.41, 5.74) is 1.64. The molecule has 1 fully saturated rings. The van der Waals surface area contributed by atoms with Gasteiger partial charge in [-0.3, -0.25) is 9.59 Å². The molecule has 0 aromatic heterocycles. The molecular weight excluding hydrogens is 258 g/mol. The predicted molar refractivity (Wildman–Crippen MR) is 74.6 cm³/mol. The Bertz CT molecular complexity index is 465. The molecule has 2 rings (SSSR count). The van der Waals surface area contributed by atoms with Gasteiger partial charge in [0, 0.05) is 12.1 Å². The molecule has 0 atom stereocenters. The number of hydrogen-bond donors (Lipinski definition) is 2. The zero-order valence-corrected chi connectivity index (χ0v) is 11.3.